The first kappa shape index (κ1) is 47.8. The van der Waals surface area contributed by atoms with E-state index in [4.69, 9.17) is 34.9 Å². The van der Waals surface area contributed by atoms with Crippen LogP contribution in [0, 0.1) is 18.8 Å². The lowest BCUT2D eigenvalue weighted by molar-refractivity contribution is -0.147. The van der Waals surface area contributed by atoms with Gasteiger partial charge in [-0.15, -0.1) is 11.3 Å². The number of nitrogens with two attached hydrogens (primary N) is 1. The van der Waals surface area contributed by atoms with Crippen molar-refractivity contribution in [2.75, 3.05) is 39.2 Å². The van der Waals surface area contributed by atoms with Crippen LogP contribution >= 0.6 is 27.3 Å². The summed E-state index contributed by atoms with van der Waals surface area (Å²) in [6, 6.07) is 19.0. The van der Waals surface area contributed by atoms with Crippen LogP contribution in [-0.2, 0) is 9.59 Å². The minimum Gasteiger partial charge on any atom is -0.494 e. The number of nitrogens with one attached hydrogen (secondary N) is 2. The largest absolute Gasteiger partial charge is 0.494 e. The van der Waals surface area contributed by atoms with Gasteiger partial charge in [-0.25, -0.2) is 15.0 Å². The number of unbranched alkanes of at least 4 members (excludes halogenated alkanes) is 3. The van der Waals surface area contributed by atoms with Gasteiger partial charge in [0.25, 0.3) is 0 Å². The number of carbonyl (C=O) groups excluding carboxylic acids is 3. The van der Waals surface area contributed by atoms with E-state index in [1.807, 2.05) is 48.2 Å². The highest BCUT2D eigenvalue weighted by Gasteiger charge is 2.50. The van der Waals surface area contributed by atoms with Gasteiger partial charge in [-0.05, 0) is 121 Å². The zero-order valence-electron chi connectivity index (χ0n) is 38.2. The zero-order chi connectivity index (χ0) is 46.1. The van der Waals surface area contributed by atoms with Crippen molar-refractivity contribution in [1.82, 2.24) is 25.2 Å². The van der Waals surface area contributed by atoms with Crippen LogP contribution in [0.15, 0.2) is 70.5 Å². The molecule has 0 radical (unpaired) electrons. The SMILES string of the molecule is CNC(C)(C(N)=O)[C@@H](C(=O)N1CCC[C@H]1c1nc(C(=O)c2cccc(OCCCCCCOc3cc4nc(C)nc(N[C@H](C)c5cccc(Br)c5)c4cc3OC)c2)cs1)C1CCCCC1. The molecule has 4 atom stereocenters. The number of thiazole rings is 1. The molecule has 1 aliphatic carbocycles. The number of primary amides is 1. The first-order valence-corrected chi connectivity index (χ1v) is 24.6. The van der Waals surface area contributed by atoms with E-state index in [9.17, 15) is 14.4 Å². The summed E-state index contributed by atoms with van der Waals surface area (Å²) < 4.78 is 19.1. The Kier molecular flexibility index (Phi) is 16.1. The predicted molar refractivity (Wildman–Crippen MR) is 259 cm³/mol. The number of anilines is 1. The fraction of sp³-hybridized carbons (Fsp3) is 0.480. The summed E-state index contributed by atoms with van der Waals surface area (Å²) in [5, 5.41) is 10.0. The molecular weight excluding hydrogens is 907 g/mol. The highest BCUT2D eigenvalue weighted by molar-refractivity contribution is 9.10. The number of halogens is 1. The molecule has 2 aromatic heterocycles. The highest BCUT2D eigenvalue weighted by Crippen LogP contribution is 2.42. The van der Waals surface area contributed by atoms with Crippen molar-refractivity contribution in [2.24, 2.45) is 17.6 Å². The van der Waals surface area contributed by atoms with Crippen molar-refractivity contribution in [1.29, 1.82) is 0 Å². The van der Waals surface area contributed by atoms with Crippen LogP contribution in [0.5, 0.6) is 17.2 Å². The summed E-state index contributed by atoms with van der Waals surface area (Å²) in [7, 11) is 3.34. The molecule has 2 amide bonds. The third kappa shape index (κ3) is 11.3. The van der Waals surface area contributed by atoms with E-state index in [0.29, 0.717) is 54.1 Å². The number of ether oxygens (including phenoxy) is 3. The Balaban J connectivity index is 0.887. The Hall–Kier alpha value is -5.12. The maximum absolute atomic E-state index is 14.5. The number of amides is 2. The van der Waals surface area contributed by atoms with Gasteiger partial charge < -0.3 is 35.5 Å². The third-order valence-electron chi connectivity index (χ3n) is 13.1. The van der Waals surface area contributed by atoms with Crippen molar-refractivity contribution >= 4 is 61.6 Å². The monoisotopic (exact) mass is 967 g/mol. The maximum atomic E-state index is 14.5. The number of methoxy groups -OCH3 is 1. The Labute approximate surface area is 394 Å². The van der Waals surface area contributed by atoms with Crippen LogP contribution in [0.4, 0.5) is 5.82 Å². The van der Waals surface area contributed by atoms with Crippen LogP contribution in [-0.4, -0.2) is 76.9 Å². The molecule has 3 aromatic carbocycles. The number of likely N-dealkylation sites (N-methyl/N-ethyl adjacent to an activating group) is 1. The highest BCUT2D eigenvalue weighted by atomic mass is 79.9. The lowest BCUT2D eigenvalue weighted by atomic mass is 9.69. The molecule has 3 heterocycles. The van der Waals surface area contributed by atoms with Gasteiger partial charge in [0.1, 0.15) is 33.6 Å². The van der Waals surface area contributed by atoms with Gasteiger partial charge in [0.2, 0.25) is 17.6 Å². The molecule has 5 aromatic rings. The number of aromatic nitrogens is 3. The van der Waals surface area contributed by atoms with Gasteiger partial charge in [-0.3, -0.25) is 14.4 Å². The predicted octanol–water partition coefficient (Wildman–Crippen LogP) is 9.91. The number of carbonyl (C=O) groups is 3. The number of fused-ring (bicyclic) bond motifs is 1. The maximum Gasteiger partial charge on any atom is 0.238 e. The summed E-state index contributed by atoms with van der Waals surface area (Å²) in [6.07, 6.45) is 10.2. The normalized spacial score (nSPS) is 17.3. The van der Waals surface area contributed by atoms with Crippen molar-refractivity contribution in [3.8, 4) is 17.2 Å². The second kappa shape index (κ2) is 21.9. The molecule has 7 rings (SSSR count). The molecule has 15 heteroatoms. The first-order chi connectivity index (χ1) is 31.4. The standard InChI is InChI=1S/C50H62BrN7O6S/c1-31(34-18-13-20-36(51)26-34)54-46-38-28-42(62-5)43(29-39(38)55-32(2)56-46)64-25-12-7-6-11-24-63-37-21-14-19-35(27-37)45(59)40-30-65-47(57-40)41-22-15-23-58(41)48(60)44(33-16-9-8-10-17-33)50(3,53-4)49(52)61/h13-14,18-21,26-31,33,41,44,53H,6-12,15-17,22-25H2,1-5H3,(H2,52,61)(H,54,55,56)/t31-,41+,44-,50?/m1/s1. The lowest BCUT2D eigenvalue weighted by Gasteiger charge is -2.42. The van der Waals surface area contributed by atoms with Crippen molar-refractivity contribution in [3.05, 3.63) is 98.2 Å². The van der Waals surface area contributed by atoms with E-state index >= 15 is 0 Å². The molecule has 346 valence electrons. The van der Waals surface area contributed by atoms with Gasteiger partial charge in [0.05, 0.1) is 43.8 Å². The second-order valence-corrected chi connectivity index (χ2v) is 19.3. The molecular formula is C50H62BrN7O6S. The van der Waals surface area contributed by atoms with E-state index in [2.05, 4.69) is 45.6 Å². The molecule has 0 bridgehead atoms. The Bertz CT molecular complexity index is 2460. The van der Waals surface area contributed by atoms with Gasteiger partial charge in [-0.2, -0.15) is 0 Å². The third-order valence-corrected chi connectivity index (χ3v) is 14.5. The molecule has 0 spiro atoms. The molecule has 2 fully saturated rings. The first-order valence-electron chi connectivity index (χ1n) is 22.9. The number of hydrogen-bond donors (Lipinski definition) is 3. The number of hydrogen-bond acceptors (Lipinski definition) is 12. The van der Waals surface area contributed by atoms with Crippen molar-refractivity contribution < 1.29 is 28.6 Å². The quantitative estimate of drug-likeness (QED) is 0.0472. The average molecular weight is 969 g/mol. The summed E-state index contributed by atoms with van der Waals surface area (Å²) in [4.78, 5) is 57.1. The minimum atomic E-state index is -1.17. The minimum absolute atomic E-state index is 0.0177. The van der Waals surface area contributed by atoms with E-state index in [-0.39, 0.29) is 29.7 Å². The second-order valence-electron chi connectivity index (χ2n) is 17.5. The molecule has 1 unspecified atom stereocenters. The number of rotatable bonds is 21. The number of nitrogens with zero attached hydrogens (tertiary/aromatic N) is 4. The molecule has 13 nitrogen and oxygen atoms in total. The van der Waals surface area contributed by atoms with E-state index in [0.717, 1.165) is 102 Å². The number of likely N-dealkylation sites (tertiary alicyclic amines) is 1. The van der Waals surface area contributed by atoms with E-state index < -0.39 is 17.4 Å². The Morgan fingerprint density at radius 2 is 1.68 bits per heavy atom. The van der Waals surface area contributed by atoms with Crippen molar-refractivity contribution in [2.45, 2.75) is 109 Å². The van der Waals surface area contributed by atoms with Gasteiger partial charge in [0, 0.05) is 33.4 Å². The van der Waals surface area contributed by atoms with Gasteiger partial charge in [0.15, 0.2) is 11.5 Å². The fourth-order valence-electron chi connectivity index (χ4n) is 9.33. The summed E-state index contributed by atoms with van der Waals surface area (Å²) in [5.41, 5.74) is 7.53. The average Bonchev–Trinajstić information content (AvgIpc) is 4.01. The van der Waals surface area contributed by atoms with E-state index in [1.165, 1.54) is 11.3 Å². The topological polar surface area (TPSA) is 171 Å². The number of benzene rings is 3. The summed E-state index contributed by atoms with van der Waals surface area (Å²) in [6.45, 7) is 7.37. The summed E-state index contributed by atoms with van der Waals surface area (Å²) >= 11 is 4.97. The number of ketones is 1. The molecule has 2 aliphatic rings. The van der Waals surface area contributed by atoms with Gasteiger partial charge in [-0.1, -0.05) is 59.5 Å². The summed E-state index contributed by atoms with van der Waals surface area (Å²) in [5.74, 6) is 2.00. The lowest BCUT2D eigenvalue weighted by Crippen LogP contribution is -2.63. The smallest absolute Gasteiger partial charge is 0.238 e. The van der Waals surface area contributed by atoms with Crippen molar-refractivity contribution in [3.63, 3.8) is 0 Å². The van der Waals surface area contributed by atoms with E-state index in [1.54, 1.807) is 38.6 Å². The molecule has 1 saturated carbocycles. The van der Waals surface area contributed by atoms with Crippen LogP contribution in [0.1, 0.15) is 129 Å². The van der Waals surface area contributed by atoms with Gasteiger partial charge >= 0.3 is 0 Å². The molecule has 65 heavy (non-hydrogen) atoms. The molecule has 1 aliphatic heterocycles. The fourth-order valence-corrected chi connectivity index (χ4v) is 10.7. The zero-order valence-corrected chi connectivity index (χ0v) is 40.6. The van der Waals surface area contributed by atoms with Crippen LogP contribution < -0.4 is 30.6 Å². The Morgan fingerprint density at radius 1 is 0.923 bits per heavy atom. The van der Waals surface area contributed by atoms with Crippen LogP contribution in [0.25, 0.3) is 10.9 Å². The molecule has 4 N–H and O–H groups in total. The number of aryl methyl sites for hydroxylation is 1. The van der Waals surface area contributed by atoms with Crippen LogP contribution in [0.3, 0.4) is 0 Å². The molecule has 1 saturated heterocycles. The van der Waals surface area contributed by atoms with Crippen LogP contribution in [0.2, 0.25) is 0 Å². The Morgan fingerprint density at radius 3 is 2.40 bits per heavy atom.